The summed E-state index contributed by atoms with van der Waals surface area (Å²) < 4.78 is 0.392. The van der Waals surface area contributed by atoms with Crippen molar-refractivity contribution in [2.24, 2.45) is 0 Å². The normalized spacial score (nSPS) is 9.75. The Morgan fingerprint density at radius 1 is 1.58 bits per heavy atom. The Kier molecular flexibility index (Phi) is 2.13. The van der Waals surface area contributed by atoms with Gasteiger partial charge in [0.05, 0.1) is 15.6 Å². The zero-order chi connectivity index (χ0) is 9.30. The highest BCUT2D eigenvalue weighted by atomic mass is 79.9. The molecule has 1 aromatic rings. The third-order valence-corrected chi connectivity index (χ3v) is 1.71. The van der Waals surface area contributed by atoms with Crippen molar-refractivity contribution < 1.29 is 10.1 Å². The van der Waals surface area contributed by atoms with E-state index in [1.165, 1.54) is 0 Å². The van der Waals surface area contributed by atoms with Crippen LogP contribution in [0, 0.1) is 10.1 Å². The summed E-state index contributed by atoms with van der Waals surface area (Å²) in [4.78, 5) is 20.3. The molecule has 0 aromatic carbocycles. The van der Waals surface area contributed by atoms with Crippen molar-refractivity contribution in [2.75, 3.05) is 0 Å². The molecule has 7 heteroatoms. The minimum absolute atomic E-state index is 0.0563. The van der Waals surface area contributed by atoms with Crippen LogP contribution >= 0.6 is 15.9 Å². The molecule has 0 aliphatic carbocycles. The van der Waals surface area contributed by atoms with Gasteiger partial charge in [-0.1, -0.05) is 0 Å². The van der Waals surface area contributed by atoms with E-state index in [0.29, 0.717) is 4.73 Å². The highest BCUT2D eigenvalue weighted by Crippen LogP contribution is 2.08. The molecule has 1 rings (SSSR count). The minimum Gasteiger partial charge on any atom is -0.429 e. The maximum absolute atomic E-state index is 10.9. The molecular weight excluding hydrogens is 232 g/mol. The van der Waals surface area contributed by atoms with Gasteiger partial charge in [-0.05, 0) is 15.9 Å². The van der Waals surface area contributed by atoms with Crippen LogP contribution in [-0.4, -0.2) is 14.9 Å². The van der Waals surface area contributed by atoms with Gasteiger partial charge in [-0.3, -0.25) is 14.9 Å². The summed E-state index contributed by atoms with van der Waals surface area (Å²) in [5.74, 6) is 0. The van der Waals surface area contributed by atoms with E-state index in [0.717, 1.165) is 12.4 Å². The Balaban J connectivity index is 3.49. The summed E-state index contributed by atoms with van der Waals surface area (Å²) in [6, 6.07) is 0. The van der Waals surface area contributed by atoms with Crippen molar-refractivity contribution in [2.45, 2.75) is 0 Å². The molecule has 0 atom stereocenters. The molecule has 64 valence electrons. The second kappa shape index (κ2) is 2.94. The molecule has 6 nitrogen and oxygen atoms in total. The molecule has 1 heterocycles. The van der Waals surface area contributed by atoms with Crippen LogP contribution in [-0.2, 0) is 0 Å². The third-order valence-electron chi connectivity index (χ3n) is 1.15. The van der Waals surface area contributed by atoms with Gasteiger partial charge in [0.1, 0.15) is 6.20 Å². The molecule has 0 aliphatic heterocycles. The average molecular weight is 235 g/mol. The fraction of sp³-hybridized carbons (Fsp3) is 0. The number of hydrogen-bond acceptors (Lipinski definition) is 4. The molecular formula is C5H3BrN2O4. The Labute approximate surface area is 74.3 Å². The molecule has 0 saturated carbocycles. The maximum Gasteiger partial charge on any atom is 0.337 e. The predicted molar refractivity (Wildman–Crippen MR) is 42.2 cm³/mol. The molecule has 12 heavy (non-hydrogen) atoms. The van der Waals surface area contributed by atoms with E-state index in [4.69, 9.17) is 5.21 Å². The van der Waals surface area contributed by atoms with Gasteiger partial charge in [-0.2, -0.15) is 4.73 Å². The molecule has 0 fully saturated rings. The van der Waals surface area contributed by atoms with Gasteiger partial charge in [-0.25, -0.2) is 0 Å². The summed E-state index contributed by atoms with van der Waals surface area (Å²) in [6.07, 6.45) is 1.75. The molecule has 0 aliphatic rings. The number of pyridine rings is 1. The van der Waals surface area contributed by atoms with Gasteiger partial charge >= 0.3 is 5.69 Å². The van der Waals surface area contributed by atoms with Gasteiger partial charge in [0.25, 0.3) is 5.43 Å². The number of nitro groups is 1. The van der Waals surface area contributed by atoms with Gasteiger partial charge in [0.15, 0.2) is 0 Å². The molecule has 1 N–H and O–H groups in total. The first-order valence-electron chi connectivity index (χ1n) is 2.78. The van der Waals surface area contributed by atoms with Crippen LogP contribution in [0.5, 0.6) is 0 Å². The van der Waals surface area contributed by atoms with E-state index in [1.807, 2.05) is 0 Å². The van der Waals surface area contributed by atoms with Crippen LogP contribution < -0.4 is 5.43 Å². The summed E-state index contributed by atoms with van der Waals surface area (Å²) in [5.41, 5.74) is -1.43. The lowest BCUT2D eigenvalue weighted by atomic mass is 10.4. The fourth-order valence-corrected chi connectivity index (χ4v) is 1.06. The van der Waals surface area contributed by atoms with Gasteiger partial charge < -0.3 is 5.21 Å². The van der Waals surface area contributed by atoms with Crippen LogP contribution in [0.4, 0.5) is 5.69 Å². The van der Waals surface area contributed by atoms with Crippen LogP contribution in [0.25, 0.3) is 0 Å². The number of aromatic nitrogens is 1. The zero-order valence-electron chi connectivity index (χ0n) is 5.60. The monoisotopic (exact) mass is 234 g/mol. The summed E-state index contributed by atoms with van der Waals surface area (Å²) in [6.45, 7) is 0. The molecule has 0 radical (unpaired) electrons. The summed E-state index contributed by atoms with van der Waals surface area (Å²) >= 11 is 2.77. The summed E-state index contributed by atoms with van der Waals surface area (Å²) in [7, 11) is 0. The molecule has 0 spiro atoms. The highest BCUT2D eigenvalue weighted by molar-refractivity contribution is 9.10. The van der Waals surface area contributed by atoms with E-state index < -0.39 is 16.0 Å². The quantitative estimate of drug-likeness (QED) is 0.442. The standard InChI is InChI=1S/C5H3BrN2O4/c6-3-1-7(10)2-4(5(3)9)8(11)12/h1-2,10H. The number of nitrogens with zero attached hydrogens (tertiary/aromatic N) is 2. The van der Waals surface area contributed by atoms with E-state index >= 15 is 0 Å². The van der Waals surface area contributed by atoms with E-state index in [9.17, 15) is 14.9 Å². The number of rotatable bonds is 1. The topological polar surface area (TPSA) is 85.4 Å². The van der Waals surface area contributed by atoms with Gasteiger partial charge in [0.2, 0.25) is 0 Å². The second-order valence-electron chi connectivity index (χ2n) is 1.96. The van der Waals surface area contributed by atoms with Crippen molar-refractivity contribution >= 4 is 21.6 Å². The Morgan fingerprint density at radius 3 is 2.67 bits per heavy atom. The molecule has 0 saturated heterocycles. The lowest BCUT2D eigenvalue weighted by Crippen LogP contribution is -2.11. The van der Waals surface area contributed by atoms with Crippen LogP contribution in [0.3, 0.4) is 0 Å². The van der Waals surface area contributed by atoms with Crippen LogP contribution in [0.1, 0.15) is 0 Å². The van der Waals surface area contributed by atoms with Crippen molar-refractivity contribution in [1.82, 2.24) is 4.73 Å². The van der Waals surface area contributed by atoms with Gasteiger partial charge in [0, 0.05) is 0 Å². The van der Waals surface area contributed by atoms with Crippen molar-refractivity contribution in [3.05, 3.63) is 37.2 Å². The molecule has 0 amide bonds. The molecule has 0 bridgehead atoms. The zero-order valence-corrected chi connectivity index (χ0v) is 7.19. The maximum atomic E-state index is 10.9. The lowest BCUT2D eigenvalue weighted by molar-refractivity contribution is -0.386. The second-order valence-corrected chi connectivity index (χ2v) is 2.81. The van der Waals surface area contributed by atoms with E-state index in [-0.39, 0.29) is 4.47 Å². The molecule has 1 aromatic heterocycles. The lowest BCUT2D eigenvalue weighted by Gasteiger charge is -1.96. The average Bonchev–Trinajstić information content (AvgIpc) is 1.96. The van der Waals surface area contributed by atoms with E-state index in [1.54, 1.807) is 0 Å². The third kappa shape index (κ3) is 1.45. The van der Waals surface area contributed by atoms with Crippen LogP contribution in [0.2, 0.25) is 0 Å². The molecule has 0 unspecified atom stereocenters. The van der Waals surface area contributed by atoms with E-state index in [2.05, 4.69) is 15.9 Å². The van der Waals surface area contributed by atoms with Gasteiger partial charge in [-0.15, -0.1) is 0 Å². The smallest absolute Gasteiger partial charge is 0.337 e. The van der Waals surface area contributed by atoms with Crippen molar-refractivity contribution in [3.63, 3.8) is 0 Å². The highest BCUT2D eigenvalue weighted by Gasteiger charge is 2.15. The Bertz CT molecular complexity index is 386. The first-order chi connectivity index (χ1) is 5.52. The Morgan fingerprint density at radius 2 is 2.17 bits per heavy atom. The predicted octanol–water partition coefficient (Wildman–Crippen LogP) is 0.756. The van der Waals surface area contributed by atoms with Crippen LogP contribution in [0.15, 0.2) is 21.7 Å². The SMILES string of the molecule is O=c1c(Br)cn(O)cc1[N+](=O)[O-]. The largest absolute Gasteiger partial charge is 0.429 e. The fourth-order valence-electron chi connectivity index (χ4n) is 0.648. The number of hydrogen-bond donors (Lipinski definition) is 1. The first kappa shape index (κ1) is 8.72. The minimum atomic E-state index is -0.861. The van der Waals surface area contributed by atoms with Crippen molar-refractivity contribution in [1.29, 1.82) is 0 Å². The summed E-state index contributed by atoms with van der Waals surface area (Å²) in [5, 5.41) is 19.0. The Hall–Kier alpha value is -1.37. The first-order valence-corrected chi connectivity index (χ1v) is 3.57. The van der Waals surface area contributed by atoms with Crippen molar-refractivity contribution in [3.8, 4) is 0 Å². The number of halogens is 1.